The number of rotatable bonds is 4. The van der Waals surface area contributed by atoms with E-state index in [1.165, 1.54) is 11.5 Å². The van der Waals surface area contributed by atoms with Crippen molar-refractivity contribution in [2.24, 2.45) is 0 Å². The molecule has 1 aromatic rings. The minimum absolute atomic E-state index is 0.0515. The maximum absolute atomic E-state index is 4.44. The first kappa shape index (κ1) is 11.8. The summed E-state index contributed by atoms with van der Waals surface area (Å²) in [6, 6.07) is 0. The molecule has 0 aliphatic heterocycles. The van der Waals surface area contributed by atoms with Gasteiger partial charge in [-0.1, -0.05) is 20.8 Å². The maximum atomic E-state index is 4.44. The van der Waals surface area contributed by atoms with E-state index >= 15 is 0 Å². The van der Waals surface area contributed by atoms with Crippen LogP contribution in [0.4, 0.5) is 5.13 Å². The van der Waals surface area contributed by atoms with Crippen LogP contribution in [0.1, 0.15) is 26.6 Å². The van der Waals surface area contributed by atoms with E-state index in [9.17, 15) is 0 Å². The van der Waals surface area contributed by atoms with Gasteiger partial charge >= 0.3 is 0 Å². The normalized spacial score (nSPS) is 11.7. The molecule has 14 heavy (non-hydrogen) atoms. The Bertz CT molecular complexity index is 278. The Labute approximate surface area is 93.9 Å². The average Bonchev–Trinajstić information content (AvgIpc) is 2.52. The minimum atomic E-state index is 0.0515. The van der Waals surface area contributed by atoms with E-state index in [1.54, 1.807) is 0 Å². The van der Waals surface area contributed by atoms with Crippen LogP contribution in [0.3, 0.4) is 0 Å². The topological polar surface area (TPSA) is 37.8 Å². The molecule has 0 radical (unpaired) electrons. The number of thioether (sulfide) groups is 1. The number of nitrogens with zero attached hydrogens (tertiary/aromatic N) is 2. The second-order valence-electron chi connectivity index (χ2n) is 4.09. The van der Waals surface area contributed by atoms with E-state index < -0.39 is 0 Å². The molecule has 0 fully saturated rings. The van der Waals surface area contributed by atoms with Crippen LogP contribution in [0.15, 0.2) is 0 Å². The molecule has 80 valence electrons. The van der Waals surface area contributed by atoms with Gasteiger partial charge in [0.2, 0.25) is 5.13 Å². The molecule has 0 amide bonds. The number of hydrogen-bond acceptors (Lipinski definition) is 5. The van der Waals surface area contributed by atoms with Crippen LogP contribution in [-0.4, -0.2) is 27.9 Å². The van der Waals surface area contributed by atoms with Gasteiger partial charge < -0.3 is 5.32 Å². The molecule has 5 heteroatoms. The van der Waals surface area contributed by atoms with Crippen molar-refractivity contribution in [2.75, 3.05) is 23.9 Å². The second kappa shape index (κ2) is 4.98. The smallest absolute Gasteiger partial charge is 0.202 e. The van der Waals surface area contributed by atoms with E-state index in [-0.39, 0.29) is 5.41 Å². The lowest BCUT2D eigenvalue weighted by molar-refractivity contribution is 0.555. The number of nitrogens with one attached hydrogen (secondary N) is 1. The molecule has 0 spiro atoms. The molecule has 0 saturated carbocycles. The Morgan fingerprint density at radius 2 is 2.14 bits per heavy atom. The zero-order chi connectivity index (χ0) is 10.6. The van der Waals surface area contributed by atoms with Crippen molar-refractivity contribution in [2.45, 2.75) is 26.2 Å². The van der Waals surface area contributed by atoms with Gasteiger partial charge in [-0.15, -0.1) is 0 Å². The lowest BCUT2D eigenvalue weighted by Gasteiger charge is -2.12. The van der Waals surface area contributed by atoms with E-state index in [2.05, 4.69) is 41.7 Å². The third-order valence-electron chi connectivity index (χ3n) is 1.68. The molecule has 1 rings (SSSR count). The molecular formula is C9H17N3S2. The Morgan fingerprint density at radius 1 is 1.43 bits per heavy atom. The van der Waals surface area contributed by atoms with Gasteiger partial charge in [0.15, 0.2) is 0 Å². The van der Waals surface area contributed by atoms with Crippen molar-refractivity contribution < 1.29 is 0 Å². The minimum Gasteiger partial charge on any atom is -0.359 e. The summed E-state index contributed by atoms with van der Waals surface area (Å²) in [7, 11) is 0. The van der Waals surface area contributed by atoms with Crippen molar-refractivity contribution >= 4 is 28.4 Å². The summed E-state index contributed by atoms with van der Waals surface area (Å²) in [6.45, 7) is 7.34. The van der Waals surface area contributed by atoms with Gasteiger partial charge in [0.1, 0.15) is 5.82 Å². The highest BCUT2D eigenvalue weighted by Crippen LogP contribution is 2.22. The van der Waals surface area contributed by atoms with Gasteiger partial charge in [-0.25, -0.2) is 4.98 Å². The van der Waals surface area contributed by atoms with Crippen molar-refractivity contribution in [3.8, 4) is 0 Å². The van der Waals surface area contributed by atoms with Gasteiger partial charge in [-0.05, 0) is 6.26 Å². The second-order valence-corrected chi connectivity index (χ2v) is 5.83. The fraction of sp³-hybridized carbons (Fsp3) is 0.778. The molecule has 0 bridgehead atoms. The standard InChI is InChI=1S/C9H17N3S2/c1-9(2,3)7-11-8(14-12-7)10-5-6-13-4/h5-6H2,1-4H3,(H,10,11,12). The van der Waals surface area contributed by atoms with Crippen LogP contribution in [0, 0.1) is 0 Å². The van der Waals surface area contributed by atoms with Crippen LogP contribution < -0.4 is 5.32 Å². The highest BCUT2D eigenvalue weighted by atomic mass is 32.2. The van der Waals surface area contributed by atoms with Crippen molar-refractivity contribution in [1.29, 1.82) is 0 Å². The summed E-state index contributed by atoms with van der Waals surface area (Å²) >= 11 is 3.27. The molecule has 0 unspecified atom stereocenters. The zero-order valence-corrected chi connectivity index (χ0v) is 10.8. The van der Waals surface area contributed by atoms with Gasteiger partial charge in [0.05, 0.1) is 0 Å². The summed E-state index contributed by atoms with van der Waals surface area (Å²) in [4.78, 5) is 4.44. The lowest BCUT2D eigenvalue weighted by atomic mass is 9.96. The first-order chi connectivity index (χ1) is 6.54. The summed E-state index contributed by atoms with van der Waals surface area (Å²) in [5.74, 6) is 2.03. The van der Waals surface area contributed by atoms with E-state index in [4.69, 9.17) is 0 Å². The molecule has 0 saturated heterocycles. The average molecular weight is 231 g/mol. The SMILES string of the molecule is CSCCNc1nc(C(C)(C)C)ns1. The monoisotopic (exact) mass is 231 g/mol. The van der Waals surface area contributed by atoms with Crippen molar-refractivity contribution in [3.63, 3.8) is 0 Å². The molecule has 0 aliphatic rings. The van der Waals surface area contributed by atoms with Gasteiger partial charge in [-0.2, -0.15) is 16.1 Å². The van der Waals surface area contributed by atoms with E-state index in [0.717, 1.165) is 23.3 Å². The Balaban J connectivity index is 2.51. The molecular weight excluding hydrogens is 214 g/mol. The zero-order valence-electron chi connectivity index (χ0n) is 9.13. The van der Waals surface area contributed by atoms with Crippen LogP contribution in [-0.2, 0) is 5.41 Å². The predicted octanol–water partition coefficient (Wildman–Crippen LogP) is 2.61. The largest absolute Gasteiger partial charge is 0.359 e. The first-order valence-corrected chi connectivity index (χ1v) is 6.78. The fourth-order valence-corrected chi connectivity index (χ4v) is 1.95. The molecule has 1 N–H and O–H groups in total. The highest BCUT2D eigenvalue weighted by Gasteiger charge is 2.19. The van der Waals surface area contributed by atoms with Crippen LogP contribution in [0.25, 0.3) is 0 Å². The molecule has 1 heterocycles. The Morgan fingerprint density at radius 3 is 2.64 bits per heavy atom. The lowest BCUT2D eigenvalue weighted by Crippen LogP contribution is -2.13. The van der Waals surface area contributed by atoms with Gasteiger partial charge in [-0.3, -0.25) is 0 Å². The van der Waals surface area contributed by atoms with Crippen molar-refractivity contribution in [3.05, 3.63) is 5.82 Å². The fourth-order valence-electron chi connectivity index (χ4n) is 0.860. The van der Waals surface area contributed by atoms with Crippen molar-refractivity contribution in [1.82, 2.24) is 9.36 Å². The van der Waals surface area contributed by atoms with Crippen LogP contribution in [0.2, 0.25) is 0 Å². The Hall–Kier alpha value is -0.290. The van der Waals surface area contributed by atoms with E-state index in [0.29, 0.717) is 0 Å². The number of hydrogen-bond donors (Lipinski definition) is 1. The first-order valence-electron chi connectivity index (χ1n) is 4.61. The quantitative estimate of drug-likeness (QED) is 0.808. The third kappa shape index (κ3) is 3.46. The summed E-state index contributed by atoms with van der Waals surface area (Å²) in [5.41, 5.74) is 0.0515. The van der Waals surface area contributed by atoms with Crippen LogP contribution in [0.5, 0.6) is 0 Å². The van der Waals surface area contributed by atoms with Crippen LogP contribution >= 0.6 is 23.3 Å². The highest BCUT2D eigenvalue weighted by molar-refractivity contribution is 7.98. The summed E-state index contributed by atoms with van der Waals surface area (Å²) in [5, 5.41) is 4.20. The van der Waals surface area contributed by atoms with E-state index in [1.807, 2.05) is 11.8 Å². The predicted molar refractivity (Wildman–Crippen MR) is 65.5 cm³/mol. The molecule has 3 nitrogen and oxygen atoms in total. The van der Waals surface area contributed by atoms with Gasteiger partial charge in [0.25, 0.3) is 0 Å². The summed E-state index contributed by atoms with van der Waals surface area (Å²) < 4.78 is 4.33. The molecule has 0 aliphatic carbocycles. The number of anilines is 1. The Kier molecular flexibility index (Phi) is 4.19. The molecule has 1 aromatic heterocycles. The molecule has 0 atom stereocenters. The molecule has 0 aromatic carbocycles. The number of aromatic nitrogens is 2. The summed E-state index contributed by atoms with van der Waals surface area (Å²) in [6.07, 6.45) is 2.10. The third-order valence-corrected chi connectivity index (χ3v) is 2.96. The maximum Gasteiger partial charge on any atom is 0.202 e. The van der Waals surface area contributed by atoms with Gasteiger partial charge in [0, 0.05) is 29.2 Å².